The number of nitrogens with one attached hydrogen (secondary N) is 2. The van der Waals surface area contributed by atoms with Gasteiger partial charge in [0.15, 0.2) is 5.65 Å². The van der Waals surface area contributed by atoms with E-state index < -0.39 is 0 Å². The van der Waals surface area contributed by atoms with E-state index in [1.165, 1.54) is 23.1 Å². The van der Waals surface area contributed by atoms with Crippen LogP contribution in [0.4, 0.5) is 5.69 Å². The van der Waals surface area contributed by atoms with Gasteiger partial charge >= 0.3 is 0 Å². The predicted octanol–water partition coefficient (Wildman–Crippen LogP) is 5.11. The molecular formula is C27H30N6O2S2. The van der Waals surface area contributed by atoms with E-state index in [-0.39, 0.29) is 11.8 Å². The maximum Gasteiger partial charge on any atom is 0.270 e. The van der Waals surface area contributed by atoms with Crippen LogP contribution in [0, 0.1) is 5.92 Å². The number of rotatable bonds is 11. The summed E-state index contributed by atoms with van der Waals surface area (Å²) in [5.74, 6) is 0.398. The molecule has 8 nitrogen and oxygen atoms in total. The fourth-order valence-electron chi connectivity index (χ4n) is 3.90. The molecule has 2 amide bonds. The van der Waals surface area contributed by atoms with E-state index in [1.54, 1.807) is 22.7 Å². The molecular weight excluding hydrogens is 504 g/mol. The lowest BCUT2D eigenvalue weighted by molar-refractivity contribution is 0.0938. The van der Waals surface area contributed by atoms with Gasteiger partial charge in [-0.25, -0.2) is 4.98 Å². The molecule has 4 aromatic rings. The summed E-state index contributed by atoms with van der Waals surface area (Å²) in [6, 6.07) is 11.1. The minimum absolute atomic E-state index is 0.215. The summed E-state index contributed by atoms with van der Waals surface area (Å²) in [5, 5.41) is 9.88. The number of pyridine rings is 1. The van der Waals surface area contributed by atoms with Crippen molar-refractivity contribution in [2.45, 2.75) is 31.7 Å². The Labute approximate surface area is 224 Å². The molecule has 0 bridgehead atoms. The number of aliphatic imine (C=N–C) groups is 1. The summed E-state index contributed by atoms with van der Waals surface area (Å²) >= 11 is 3.00. The number of amides is 2. The Morgan fingerprint density at radius 1 is 1.22 bits per heavy atom. The Morgan fingerprint density at radius 2 is 2.05 bits per heavy atom. The molecule has 4 N–H and O–H groups in total. The highest BCUT2D eigenvalue weighted by atomic mass is 32.2. The zero-order chi connectivity index (χ0) is 26.4. The quantitative estimate of drug-likeness (QED) is 0.141. The van der Waals surface area contributed by atoms with Gasteiger partial charge in [0.1, 0.15) is 11.4 Å². The van der Waals surface area contributed by atoms with Crippen LogP contribution in [0.15, 0.2) is 63.2 Å². The number of benzene rings is 1. The molecule has 4 rings (SSSR count). The van der Waals surface area contributed by atoms with Gasteiger partial charge in [-0.05, 0) is 60.3 Å². The highest BCUT2D eigenvalue weighted by Crippen LogP contribution is 2.30. The summed E-state index contributed by atoms with van der Waals surface area (Å²) < 4.78 is 1.70. The average Bonchev–Trinajstić information content (AvgIpc) is 3.55. The summed E-state index contributed by atoms with van der Waals surface area (Å²) in [4.78, 5) is 36.2. The number of carbonyl (C=O) groups excluding carboxylic acids is 2. The molecule has 0 aliphatic carbocycles. The smallest absolute Gasteiger partial charge is 0.270 e. The van der Waals surface area contributed by atoms with Crippen molar-refractivity contribution < 1.29 is 9.59 Å². The number of nitrogens with zero attached hydrogens (tertiary/aromatic N) is 3. The molecule has 3 aromatic heterocycles. The number of hydrogen-bond donors (Lipinski definition) is 3. The van der Waals surface area contributed by atoms with Gasteiger partial charge in [-0.15, -0.1) is 11.8 Å². The van der Waals surface area contributed by atoms with Gasteiger partial charge in [-0.2, -0.15) is 11.3 Å². The van der Waals surface area contributed by atoms with Gasteiger partial charge in [0.25, 0.3) is 11.8 Å². The Morgan fingerprint density at radius 3 is 2.76 bits per heavy atom. The number of thioether (sulfide) groups is 1. The molecule has 0 saturated heterocycles. The Balaban J connectivity index is 1.63. The maximum atomic E-state index is 13.3. The van der Waals surface area contributed by atoms with Crippen LogP contribution < -0.4 is 16.4 Å². The normalized spacial score (nSPS) is 11.1. The summed E-state index contributed by atoms with van der Waals surface area (Å²) in [5.41, 5.74) is 10.00. The van der Waals surface area contributed by atoms with E-state index in [4.69, 9.17) is 10.7 Å². The Bertz CT molecular complexity index is 1410. The van der Waals surface area contributed by atoms with Crippen LogP contribution in [0.3, 0.4) is 0 Å². The number of carbonyl (C=O) groups is 2. The number of hydrogen-bond acceptors (Lipinski definition) is 7. The summed E-state index contributed by atoms with van der Waals surface area (Å²) in [6.45, 7) is 8.71. The second kappa shape index (κ2) is 12.2. The van der Waals surface area contributed by atoms with Crippen molar-refractivity contribution in [1.29, 1.82) is 0 Å². The second-order valence-corrected chi connectivity index (χ2v) is 10.7. The number of aromatic nitrogens is 2. The third kappa shape index (κ3) is 6.10. The SMILES string of the molecule is C=Nc1ccc(CNC(=O)c2cccn3c(C(=O)NCCC(C)C)c(-c4ccsc4)nc23)cc1SCN. The van der Waals surface area contributed by atoms with Crippen LogP contribution in [0.2, 0.25) is 0 Å². The molecule has 0 aliphatic heterocycles. The second-order valence-electron chi connectivity index (χ2n) is 8.83. The Kier molecular flexibility index (Phi) is 8.75. The minimum Gasteiger partial charge on any atom is -0.351 e. The third-order valence-electron chi connectivity index (χ3n) is 5.80. The molecule has 0 atom stereocenters. The van der Waals surface area contributed by atoms with Gasteiger partial charge in [0, 0.05) is 41.0 Å². The average molecular weight is 535 g/mol. The number of fused-ring (bicyclic) bond motifs is 1. The monoisotopic (exact) mass is 534 g/mol. The van der Waals surface area contributed by atoms with Crippen molar-refractivity contribution in [1.82, 2.24) is 20.0 Å². The maximum absolute atomic E-state index is 13.3. The molecule has 0 saturated carbocycles. The van der Waals surface area contributed by atoms with E-state index in [2.05, 4.69) is 36.2 Å². The van der Waals surface area contributed by atoms with Crippen LogP contribution in [0.1, 0.15) is 46.7 Å². The van der Waals surface area contributed by atoms with Crippen molar-refractivity contribution in [2.24, 2.45) is 16.6 Å². The van der Waals surface area contributed by atoms with Crippen LogP contribution in [-0.4, -0.2) is 40.3 Å². The highest BCUT2D eigenvalue weighted by molar-refractivity contribution is 7.99. The first kappa shape index (κ1) is 26.6. The van der Waals surface area contributed by atoms with Crippen LogP contribution in [-0.2, 0) is 6.54 Å². The van der Waals surface area contributed by atoms with E-state index in [0.29, 0.717) is 47.5 Å². The summed E-state index contributed by atoms with van der Waals surface area (Å²) in [6.07, 6.45) is 2.64. The molecule has 37 heavy (non-hydrogen) atoms. The summed E-state index contributed by atoms with van der Waals surface area (Å²) in [7, 11) is 0. The van der Waals surface area contributed by atoms with Gasteiger partial charge < -0.3 is 16.4 Å². The van der Waals surface area contributed by atoms with Crippen LogP contribution in [0.5, 0.6) is 0 Å². The van der Waals surface area contributed by atoms with E-state index in [0.717, 1.165) is 28.1 Å². The predicted molar refractivity (Wildman–Crippen MR) is 152 cm³/mol. The van der Waals surface area contributed by atoms with Gasteiger partial charge in [-0.1, -0.05) is 19.9 Å². The van der Waals surface area contributed by atoms with Gasteiger partial charge in [0.2, 0.25) is 0 Å². The lowest BCUT2D eigenvalue weighted by atomic mass is 10.1. The lowest BCUT2D eigenvalue weighted by Gasteiger charge is -2.10. The van der Waals surface area contributed by atoms with Crippen molar-refractivity contribution in [3.63, 3.8) is 0 Å². The van der Waals surface area contributed by atoms with Crippen molar-refractivity contribution in [3.8, 4) is 11.3 Å². The molecule has 0 fully saturated rings. The standard InChI is InChI=1S/C27H30N6O2S2/c1-17(2)8-10-30-27(35)24-23(19-9-12-36-15-19)32-25-20(5-4-11-33(24)25)26(34)31-14-18-6-7-21(29-3)22(13-18)37-16-28/h4-7,9,11-13,15,17H,3,8,10,14,16,28H2,1-2H3,(H,30,35)(H,31,34). The van der Waals surface area contributed by atoms with Crippen LogP contribution in [0.25, 0.3) is 16.9 Å². The molecule has 0 unspecified atom stereocenters. The highest BCUT2D eigenvalue weighted by Gasteiger charge is 2.24. The largest absolute Gasteiger partial charge is 0.351 e. The first-order valence-electron chi connectivity index (χ1n) is 12.0. The third-order valence-corrected chi connectivity index (χ3v) is 7.29. The molecule has 0 radical (unpaired) electrons. The van der Waals surface area contributed by atoms with Crippen molar-refractivity contribution >= 4 is 53.0 Å². The van der Waals surface area contributed by atoms with E-state index in [1.807, 2.05) is 35.0 Å². The molecule has 0 aliphatic rings. The van der Waals surface area contributed by atoms with Crippen molar-refractivity contribution in [3.05, 3.63) is 70.2 Å². The van der Waals surface area contributed by atoms with E-state index >= 15 is 0 Å². The lowest BCUT2D eigenvalue weighted by Crippen LogP contribution is -2.27. The minimum atomic E-state index is -0.279. The van der Waals surface area contributed by atoms with Gasteiger partial charge in [-0.3, -0.25) is 19.0 Å². The first-order chi connectivity index (χ1) is 17.9. The number of thiophene rings is 1. The fraction of sp³-hybridized carbons (Fsp3) is 0.259. The first-order valence-corrected chi connectivity index (χ1v) is 13.9. The fourth-order valence-corrected chi connectivity index (χ4v) is 5.24. The zero-order valence-corrected chi connectivity index (χ0v) is 22.5. The van der Waals surface area contributed by atoms with Gasteiger partial charge in [0.05, 0.1) is 11.3 Å². The number of imidazole rings is 1. The van der Waals surface area contributed by atoms with Crippen molar-refractivity contribution in [2.75, 3.05) is 12.4 Å². The Hall–Kier alpha value is -3.47. The topological polar surface area (TPSA) is 114 Å². The van der Waals surface area contributed by atoms with E-state index in [9.17, 15) is 9.59 Å². The molecule has 10 heteroatoms. The zero-order valence-electron chi connectivity index (χ0n) is 20.9. The molecule has 0 spiro atoms. The molecule has 3 heterocycles. The van der Waals surface area contributed by atoms with Crippen LogP contribution >= 0.6 is 23.1 Å². The number of nitrogens with two attached hydrogens (primary N) is 1. The molecule has 192 valence electrons. The molecule has 1 aromatic carbocycles.